The normalized spacial score (nSPS) is 10.2. The van der Waals surface area contributed by atoms with Gasteiger partial charge in [0.1, 0.15) is 5.75 Å². The molecule has 1 amide bonds. The van der Waals surface area contributed by atoms with Crippen molar-refractivity contribution in [3.05, 3.63) is 58.1 Å². The Morgan fingerprint density at radius 3 is 2.55 bits per heavy atom. The fourth-order valence-electron chi connectivity index (χ4n) is 1.96. The molecule has 3 nitrogen and oxygen atoms in total. The predicted molar refractivity (Wildman–Crippen MR) is 81.9 cm³/mol. The van der Waals surface area contributed by atoms with Crippen LogP contribution in [-0.2, 0) is 0 Å². The standard InChI is InChI=1S/C16H16ClNO2/c1-10-4-7-15(20-3)13(8-10)16(19)18-14-6-5-12(17)9-11(14)2/h4-9H,1-3H3,(H,18,19). The van der Waals surface area contributed by atoms with E-state index in [1.807, 2.05) is 26.0 Å². The number of carbonyl (C=O) groups excluding carboxylic acids is 1. The van der Waals surface area contributed by atoms with Crippen molar-refractivity contribution >= 4 is 23.2 Å². The summed E-state index contributed by atoms with van der Waals surface area (Å²) in [5.41, 5.74) is 3.17. The van der Waals surface area contributed by atoms with Gasteiger partial charge in [0.25, 0.3) is 5.91 Å². The van der Waals surface area contributed by atoms with Gasteiger partial charge in [-0.05, 0) is 49.7 Å². The van der Waals surface area contributed by atoms with Crippen molar-refractivity contribution < 1.29 is 9.53 Å². The van der Waals surface area contributed by atoms with E-state index in [-0.39, 0.29) is 5.91 Å². The zero-order chi connectivity index (χ0) is 14.7. The van der Waals surface area contributed by atoms with E-state index in [0.29, 0.717) is 16.3 Å². The molecule has 0 aromatic heterocycles. The Morgan fingerprint density at radius 2 is 1.90 bits per heavy atom. The maximum Gasteiger partial charge on any atom is 0.259 e. The van der Waals surface area contributed by atoms with Crippen LogP contribution in [0.2, 0.25) is 5.02 Å². The van der Waals surface area contributed by atoms with Gasteiger partial charge in [-0.15, -0.1) is 0 Å². The number of benzene rings is 2. The Bertz CT molecular complexity index is 653. The minimum absolute atomic E-state index is 0.198. The number of rotatable bonds is 3. The smallest absolute Gasteiger partial charge is 0.259 e. The fourth-order valence-corrected chi connectivity index (χ4v) is 2.18. The van der Waals surface area contributed by atoms with Crippen molar-refractivity contribution in [2.45, 2.75) is 13.8 Å². The Kier molecular flexibility index (Phi) is 4.30. The lowest BCUT2D eigenvalue weighted by Crippen LogP contribution is -2.14. The molecule has 0 radical (unpaired) electrons. The summed E-state index contributed by atoms with van der Waals surface area (Å²) in [5.74, 6) is 0.357. The summed E-state index contributed by atoms with van der Waals surface area (Å²) in [5, 5.41) is 3.52. The lowest BCUT2D eigenvalue weighted by Gasteiger charge is -2.12. The first-order valence-corrected chi connectivity index (χ1v) is 6.61. The van der Waals surface area contributed by atoms with Crippen molar-refractivity contribution in [1.29, 1.82) is 0 Å². The Morgan fingerprint density at radius 1 is 1.15 bits per heavy atom. The van der Waals surface area contributed by atoms with Gasteiger partial charge >= 0.3 is 0 Å². The topological polar surface area (TPSA) is 38.3 Å². The fraction of sp³-hybridized carbons (Fsp3) is 0.188. The molecule has 2 aromatic rings. The van der Waals surface area contributed by atoms with Crippen LogP contribution in [-0.4, -0.2) is 13.0 Å². The highest BCUT2D eigenvalue weighted by atomic mass is 35.5. The largest absolute Gasteiger partial charge is 0.496 e. The summed E-state index contributed by atoms with van der Waals surface area (Å²) in [6.45, 7) is 3.83. The van der Waals surface area contributed by atoms with Gasteiger partial charge in [0.15, 0.2) is 0 Å². The Hall–Kier alpha value is -2.00. The van der Waals surface area contributed by atoms with Crippen molar-refractivity contribution in [3.63, 3.8) is 0 Å². The number of nitrogens with one attached hydrogen (secondary N) is 1. The predicted octanol–water partition coefficient (Wildman–Crippen LogP) is 4.22. The number of carbonyl (C=O) groups is 1. The van der Waals surface area contributed by atoms with Gasteiger partial charge in [0, 0.05) is 10.7 Å². The van der Waals surface area contributed by atoms with E-state index in [1.54, 1.807) is 31.4 Å². The number of anilines is 1. The first kappa shape index (κ1) is 14.4. The molecule has 20 heavy (non-hydrogen) atoms. The minimum Gasteiger partial charge on any atom is -0.496 e. The number of hydrogen-bond acceptors (Lipinski definition) is 2. The zero-order valence-electron chi connectivity index (χ0n) is 11.7. The Labute approximate surface area is 123 Å². The molecule has 2 rings (SSSR count). The molecule has 0 atom stereocenters. The van der Waals surface area contributed by atoms with E-state index in [4.69, 9.17) is 16.3 Å². The highest BCUT2D eigenvalue weighted by molar-refractivity contribution is 6.30. The monoisotopic (exact) mass is 289 g/mol. The molecule has 104 valence electrons. The average molecular weight is 290 g/mol. The van der Waals surface area contributed by atoms with E-state index in [2.05, 4.69) is 5.32 Å². The van der Waals surface area contributed by atoms with Crippen LogP contribution in [0, 0.1) is 13.8 Å². The molecule has 0 fully saturated rings. The molecule has 0 saturated carbocycles. The molecule has 2 aromatic carbocycles. The van der Waals surface area contributed by atoms with Gasteiger partial charge in [0.2, 0.25) is 0 Å². The highest BCUT2D eigenvalue weighted by Gasteiger charge is 2.13. The lowest BCUT2D eigenvalue weighted by molar-refractivity contribution is 0.102. The van der Waals surface area contributed by atoms with Crippen LogP contribution >= 0.6 is 11.6 Å². The van der Waals surface area contributed by atoms with Crippen LogP contribution in [0.3, 0.4) is 0 Å². The first-order valence-electron chi connectivity index (χ1n) is 6.23. The van der Waals surface area contributed by atoms with Gasteiger partial charge in [-0.25, -0.2) is 0 Å². The SMILES string of the molecule is COc1ccc(C)cc1C(=O)Nc1ccc(Cl)cc1C. The molecule has 0 aliphatic carbocycles. The number of aryl methyl sites for hydroxylation is 2. The summed E-state index contributed by atoms with van der Waals surface area (Å²) in [6.07, 6.45) is 0. The van der Waals surface area contributed by atoms with Crippen molar-refractivity contribution in [2.75, 3.05) is 12.4 Å². The molecule has 0 saturated heterocycles. The molecule has 0 aliphatic rings. The van der Waals surface area contributed by atoms with Gasteiger partial charge in [-0.1, -0.05) is 23.2 Å². The van der Waals surface area contributed by atoms with E-state index >= 15 is 0 Å². The van der Waals surface area contributed by atoms with E-state index in [9.17, 15) is 4.79 Å². The second-order valence-corrected chi connectivity index (χ2v) is 5.05. The van der Waals surface area contributed by atoms with Crippen LogP contribution in [0.15, 0.2) is 36.4 Å². The number of amides is 1. The minimum atomic E-state index is -0.198. The van der Waals surface area contributed by atoms with Gasteiger partial charge in [-0.2, -0.15) is 0 Å². The third kappa shape index (κ3) is 3.11. The maximum atomic E-state index is 12.4. The van der Waals surface area contributed by atoms with E-state index in [0.717, 1.165) is 16.8 Å². The quantitative estimate of drug-likeness (QED) is 0.919. The van der Waals surface area contributed by atoms with Crippen LogP contribution in [0.25, 0.3) is 0 Å². The van der Waals surface area contributed by atoms with E-state index < -0.39 is 0 Å². The lowest BCUT2D eigenvalue weighted by atomic mass is 10.1. The molecule has 0 spiro atoms. The maximum absolute atomic E-state index is 12.4. The van der Waals surface area contributed by atoms with Crippen molar-refractivity contribution in [2.24, 2.45) is 0 Å². The van der Waals surface area contributed by atoms with Gasteiger partial charge in [0.05, 0.1) is 12.7 Å². The third-order valence-corrected chi connectivity index (χ3v) is 3.27. The zero-order valence-corrected chi connectivity index (χ0v) is 12.4. The Balaban J connectivity index is 2.30. The summed E-state index contributed by atoms with van der Waals surface area (Å²) in [7, 11) is 1.55. The second kappa shape index (κ2) is 5.97. The summed E-state index contributed by atoms with van der Waals surface area (Å²) >= 11 is 5.91. The third-order valence-electron chi connectivity index (χ3n) is 3.04. The highest BCUT2D eigenvalue weighted by Crippen LogP contribution is 2.23. The number of methoxy groups -OCH3 is 1. The number of halogens is 1. The molecular weight excluding hydrogens is 274 g/mol. The van der Waals surface area contributed by atoms with Crippen molar-refractivity contribution in [3.8, 4) is 5.75 Å². The molecule has 0 aliphatic heterocycles. The summed E-state index contributed by atoms with van der Waals surface area (Å²) < 4.78 is 5.23. The molecule has 0 bridgehead atoms. The van der Waals surface area contributed by atoms with Gasteiger partial charge in [-0.3, -0.25) is 4.79 Å². The van der Waals surface area contributed by atoms with Crippen LogP contribution in [0.5, 0.6) is 5.75 Å². The van der Waals surface area contributed by atoms with Crippen LogP contribution < -0.4 is 10.1 Å². The molecule has 0 heterocycles. The molecule has 1 N–H and O–H groups in total. The van der Waals surface area contributed by atoms with Gasteiger partial charge < -0.3 is 10.1 Å². The second-order valence-electron chi connectivity index (χ2n) is 4.62. The number of ether oxygens (including phenoxy) is 1. The summed E-state index contributed by atoms with van der Waals surface area (Å²) in [6, 6.07) is 10.8. The molecule has 4 heteroatoms. The van der Waals surface area contributed by atoms with Crippen LogP contribution in [0.1, 0.15) is 21.5 Å². The molecule has 0 unspecified atom stereocenters. The van der Waals surface area contributed by atoms with E-state index in [1.165, 1.54) is 0 Å². The van der Waals surface area contributed by atoms with Crippen LogP contribution in [0.4, 0.5) is 5.69 Å². The number of hydrogen-bond donors (Lipinski definition) is 1. The van der Waals surface area contributed by atoms with Crippen molar-refractivity contribution in [1.82, 2.24) is 0 Å². The summed E-state index contributed by atoms with van der Waals surface area (Å²) in [4.78, 5) is 12.4. The first-order chi connectivity index (χ1) is 9.51. The average Bonchev–Trinajstić information content (AvgIpc) is 2.41. The molecular formula is C16H16ClNO2.